The molecule has 1 atom stereocenters. The second-order valence-electron chi connectivity index (χ2n) is 4.04. The van der Waals surface area contributed by atoms with Gasteiger partial charge in [0.15, 0.2) is 0 Å². The minimum Gasteiger partial charge on any atom is -0.336 e. The molecule has 90 valence electrons. The maximum Gasteiger partial charge on any atom is 0.0946 e. The Morgan fingerprint density at radius 1 is 1.47 bits per heavy atom. The molecule has 1 heterocycles. The van der Waals surface area contributed by atoms with Crippen molar-refractivity contribution in [3.63, 3.8) is 0 Å². The van der Waals surface area contributed by atoms with Crippen molar-refractivity contribution in [1.29, 1.82) is 0 Å². The number of benzene rings is 1. The van der Waals surface area contributed by atoms with Gasteiger partial charge in [0.1, 0.15) is 0 Å². The summed E-state index contributed by atoms with van der Waals surface area (Å²) in [6, 6.07) is 5.81. The van der Waals surface area contributed by atoms with Gasteiger partial charge in [-0.2, -0.15) is 0 Å². The molecule has 0 amide bonds. The van der Waals surface area contributed by atoms with Gasteiger partial charge >= 0.3 is 0 Å². The lowest BCUT2D eigenvalue weighted by molar-refractivity contribution is 0.597. The predicted octanol–water partition coefficient (Wildman–Crippen LogP) is 1.93. The second kappa shape index (κ2) is 4.87. The van der Waals surface area contributed by atoms with E-state index in [0.29, 0.717) is 0 Å². The normalized spacial score (nSPS) is 12.7. The maximum atomic E-state index is 6.13. The third-order valence-corrected chi connectivity index (χ3v) is 3.25. The van der Waals surface area contributed by atoms with Gasteiger partial charge in [0, 0.05) is 12.1 Å². The number of hydrogen-bond acceptors (Lipinski definition) is 3. The Bertz CT molecular complexity index is 521. The van der Waals surface area contributed by atoms with Crippen LogP contribution in [-0.4, -0.2) is 9.55 Å². The van der Waals surface area contributed by atoms with E-state index in [2.05, 4.69) is 10.4 Å². The highest BCUT2D eigenvalue weighted by Crippen LogP contribution is 2.25. The summed E-state index contributed by atoms with van der Waals surface area (Å²) in [6.07, 6.45) is 3.54. The smallest absolute Gasteiger partial charge is 0.0946 e. The highest BCUT2D eigenvalue weighted by molar-refractivity contribution is 6.31. The number of imidazole rings is 1. The van der Waals surface area contributed by atoms with Gasteiger partial charge in [-0.05, 0) is 24.1 Å². The maximum absolute atomic E-state index is 6.13. The topological polar surface area (TPSA) is 55.9 Å². The van der Waals surface area contributed by atoms with Crippen LogP contribution in [0.5, 0.6) is 0 Å². The lowest BCUT2D eigenvalue weighted by atomic mass is 10.0. The van der Waals surface area contributed by atoms with E-state index in [1.165, 1.54) is 0 Å². The lowest BCUT2D eigenvalue weighted by Gasteiger charge is -2.17. The number of nitrogens with one attached hydrogen (secondary N) is 1. The van der Waals surface area contributed by atoms with Crippen molar-refractivity contribution in [2.24, 2.45) is 12.9 Å². The van der Waals surface area contributed by atoms with Crippen LogP contribution in [0.1, 0.15) is 22.9 Å². The molecular weight excluding hydrogens is 236 g/mol. The van der Waals surface area contributed by atoms with E-state index in [1.807, 2.05) is 36.7 Å². The Morgan fingerprint density at radius 3 is 2.76 bits per heavy atom. The van der Waals surface area contributed by atoms with Gasteiger partial charge in [0.25, 0.3) is 0 Å². The summed E-state index contributed by atoms with van der Waals surface area (Å²) in [5.41, 5.74) is 5.85. The van der Waals surface area contributed by atoms with E-state index < -0.39 is 0 Å². The second-order valence-corrected chi connectivity index (χ2v) is 4.44. The summed E-state index contributed by atoms with van der Waals surface area (Å²) in [5.74, 6) is 5.62. The number of halogens is 1. The van der Waals surface area contributed by atoms with E-state index in [1.54, 1.807) is 12.5 Å². The molecule has 1 aromatic heterocycles. The highest BCUT2D eigenvalue weighted by atomic mass is 35.5. The van der Waals surface area contributed by atoms with Crippen molar-refractivity contribution in [1.82, 2.24) is 15.0 Å². The summed E-state index contributed by atoms with van der Waals surface area (Å²) in [4.78, 5) is 4.09. The fourth-order valence-corrected chi connectivity index (χ4v) is 1.98. The molecule has 1 unspecified atom stereocenters. The number of aromatic nitrogens is 2. The fourth-order valence-electron chi connectivity index (χ4n) is 1.79. The molecule has 0 saturated heterocycles. The first-order chi connectivity index (χ1) is 8.13. The molecule has 3 N–H and O–H groups in total. The Morgan fingerprint density at radius 2 is 2.24 bits per heavy atom. The monoisotopic (exact) mass is 250 g/mol. The molecule has 0 aliphatic rings. The van der Waals surface area contributed by atoms with Gasteiger partial charge in [-0.25, -0.2) is 10.4 Å². The average molecular weight is 251 g/mol. The van der Waals surface area contributed by atoms with E-state index in [-0.39, 0.29) is 6.04 Å². The van der Waals surface area contributed by atoms with E-state index in [4.69, 9.17) is 17.4 Å². The van der Waals surface area contributed by atoms with Crippen molar-refractivity contribution < 1.29 is 0 Å². The number of nitrogens with two attached hydrogens (primary N) is 1. The Hall–Kier alpha value is -1.36. The molecular formula is C12H15ClN4. The summed E-state index contributed by atoms with van der Waals surface area (Å²) >= 11 is 6.13. The quantitative estimate of drug-likeness (QED) is 0.647. The SMILES string of the molecule is Cc1ccc(C(NN)c2cncn2C)cc1Cl. The summed E-state index contributed by atoms with van der Waals surface area (Å²) in [6.45, 7) is 1.97. The van der Waals surface area contributed by atoms with Crippen LogP contribution in [0, 0.1) is 6.92 Å². The van der Waals surface area contributed by atoms with Crippen molar-refractivity contribution in [3.05, 3.63) is 52.6 Å². The van der Waals surface area contributed by atoms with Gasteiger partial charge in [-0.15, -0.1) is 0 Å². The van der Waals surface area contributed by atoms with Crippen LogP contribution in [0.25, 0.3) is 0 Å². The minimum absolute atomic E-state index is 0.111. The largest absolute Gasteiger partial charge is 0.336 e. The number of nitrogens with zero attached hydrogens (tertiary/aromatic N) is 2. The van der Waals surface area contributed by atoms with Crippen LogP contribution in [0.4, 0.5) is 0 Å². The molecule has 1 aromatic carbocycles. The zero-order chi connectivity index (χ0) is 12.4. The highest BCUT2D eigenvalue weighted by Gasteiger charge is 2.16. The zero-order valence-corrected chi connectivity index (χ0v) is 10.6. The van der Waals surface area contributed by atoms with Crippen LogP contribution in [0.15, 0.2) is 30.7 Å². The van der Waals surface area contributed by atoms with Crippen LogP contribution < -0.4 is 11.3 Å². The first-order valence-corrected chi connectivity index (χ1v) is 5.69. The van der Waals surface area contributed by atoms with Crippen molar-refractivity contribution >= 4 is 11.6 Å². The molecule has 0 radical (unpaired) electrons. The van der Waals surface area contributed by atoms with E-state index in [0.717, 1.165) is 21.8 Å². The summed E-state index contributed by atoms with van der Waals surface area (Å²) in [7, 11) is 1.93. The predicted molar refractivity (Wildman–Crippen MR) is 68.6 cm³/mol. The first kappa shape index (κ1) is 12.1. The van der Waals surface area contributed by atoms with Gasteiger partial charge < -0.3 is 4.57 Å². The van der Waals surface area contributed by atoms with E-state index in [9.17, 15) is 0 Å². The summed E-state index contributed by atoms with van der Waals surface area (Å²) < 4.78 is 1.93. The molecule has 4 nitrogen and oxygen atoms in total. The van der Waals surface area contributed by atoms with Crippen LogP contribution in [0.3, 0.4) is 0 Å². The Kier molecular flexibility index (Phi) is 3.47. The molecule has 0 aliphatic carbocycles. The number of aryl methyl sites for hydroxylation is 2. The van der Waals surface area contributed by atoms with E-state index >= 15 is 0 Å². The van der Waals surface area contributed by atoms with Crippen LogP contribution in [0.2, 0.25) is 5.02 Å². The van der Waals surface area contributed by atoms with Gasteiger partial charge in [0.2, 0.25) is 0 Å². The van der Waals surface area contributed by atoms with Crippen molar-refractivity contribution in [2.45, 2.75) is 13.0 Å². The van der Waals surface area contributed by atoms with Gasteiger partial charge in [-0.3, -0.25) is 5.84 Å². The minimum atomic E-state index is -0.111. The summed E-state index contributed by atoms with van der Waals surface area (Å²) in [5, 5.41) is 0.741. The number of rotatable bonds is 3. The number of hydrazine groups is 1. The first-order valence-electron chi connectivity index (χ1n) is 5.32. The standard InChI is InChI=1S/C12H15ClN4/c1-8-3-4-9(5-10(8)13)12(16-14)11-6-15-7-17(11)2/h3-7,12,16H,14H2,1-2H3. The average Bonchev–Trinajstić information content (AvgIpc) is 2.71. The number of hydrogen-bond donors (Lipinski definition) is 2. The van der Waals surface area contributed by atoms with Crippen molar-refractivity contribution in [3.8, 4) is 0 Å². The lowest BCUT2D eigenvalue weighted by Crippen LogP contribution is -2.30. The van der Waals surface area contributed by atoms with Crippen LogP contribution in [-0.2, 0) is 7.05 Å². The molecule has 2 rings (SSSR count). The Labute approximate surface area is 105 Å². The molecule has 0 spiro atoms. The molecule has 17 heavy (non-hydrogen) atoms. The van der Waals surface area contributed by atoms with Gasteiger partial charge in [-0.1, -0.05) is 23.7 Å². The molecule has 0 saturated carbocycles. The fraction of sp³-hybridized carbons (Fsp3) is 0.250. The van der Waals surface area contributed by atoms with Crippen LogP contribution >= 0.6 is 11.6 Å². The molecule has 0 bridgehead atoms. The van der Waals surface area contributed by atoms with Crippen molar-refractivity contribution in [2.75, 3.05) is 0 Å². The zero-order valence-electron chi connectivity index (χ0n) is 9.81. The third kappa shape index (κ3) is 2.34. The molecule has 2 aromatic rings. The van der Waals surface area contributed by atoms with Gasteiger partial charge in [0.05, 0.1) is 24.3 Å². The third-order valence-electron chi connectivity index (χ3n) is 2.85. The molecule has 0 aliphatic heterocycles. The Balaban J connectivity index is 2.42. The molecule has 0 fully saturated rings. The molecule has 5 heteroatoms.